The quantitative estimate of drug-likeness (QED) is 0.298. The number of pyridine rings is 1. The average molecular weight is 459 g/mol. The van der Waals surface area contributed by atoms with Crippen LogP contribution in [0.3, 0.4) is 0 Å². The van der Waals surface area contributed by atoms with E-state index in [2.05, 4.69) is 85.4 Å². The molecule has 0 atom stereocenters. The third-order valence-electron chi connectivity index (χ3n) is 7.63. The van der Waals surface area contributed by atoms with Gasteiger partial charge >= 0.3 is 5.82 Å². The highest BCUT2D eigenvalue weighted by Gasteiger charge is 2.29. The highest BCUT2D eigenvalue weighted by molar-refractivity contribution is 6.04. The molecule has 0 unspecified atom stereocenters. The van der Waals surface area contributed by atoms with Crippen molar-refractivity contribution in [2.24, 2.45) is 11.1 Å². The monoisotopic (exact) mass is 458 g/mol. The number of fused-ring (bicyclic) bond motifs is 3. The Morgan fingerprint density at radius 3 is 2.29 bits per heavy atom. The minimum atomic E-state index is 0.188. The van der Waals surface area contributed by atoms with E-state index in [-0.39, 0.29) is 5.41 Å². The van der Waals surface area contributed by atoms with Crippen LogP contribution >= 0.6 is 0 Å². The van der Waals surface area contributed by atoms with Crippen LogP contribution in [0.4, 0.5) is 5.82 Å². The maximum absolute atomic E-state index is 6.92. The molecule has 0 aliphatic rings. The molecule has 0 fully saturated rings. The van der Waals surface area contributed by atoms with Gasteiger partial charge < -0.3 is 10.3 Å². The molecule has 0 saturated heterocycles. The summed E-state index contributed by atoms with van der Waals surface area (Å²) in [6, 6.07) is 17.3. The SMILES string of the molecule is CCCCc1nc2c(N)[n+](CC(C)(CC)CC)c3ccccc3c2n1Cc1ccc(CN)cc1. The van der Waals surface area contributed by atoms with E-state index >= 15 is 0 Å². The molecule has 180 valence electrons. The summed E-state index contributed by atoms with van der Waals surface area (Å²) in [6.45, 7) is 11.4. The molecule has 0 amide bonds. The summed E-state index contributed by atoms with van der Waals surface area (Å²) in [5.41, 5.74) is 18.6. The second-order valence-corrected chi connectivity index (χ2v) is 9.94. The number of para-hydroxylation sites is 1. The molecule has 5 heteroatoms. The number of nitrogens with two attached hydrogens (primary N) is 2. The van der Waals surface area contributed by atoms with Gasteiger partial charge in [0, 0.05) is 30.3 Å². The van der Waals surface area contributed by atoms with E-state index in [1.54, 1.807) is 0 Å². The van der Waals surface area contributed by atoms with Crippen molar-refractivity contribution in [3.05, 3.63) is 65.5 Å². The molecule has 0 radical (unpaired) electrons. The van der Waals surface area contributed by atoms with Crippen LogP contribution in [-0.4, -0.2) is 9.55 Å². The Labute approximate surface area is 203 Å². The summed E-state index contributed by atoms with van der Waals surface area (Å²) < 4.78 is 4.70. The first-order valence-corrected chi connectivity index (χ1v) is 12.8. The van der Waals surface area contributed by atoms with Crippen LogP contribution in [0.25, 0.3) is 21.9 Å². The van der Waals surface area contributed by atoms with Crippen molar-refractivity contribution in [3.63, 3.8) is 0 Å². The van der Waals surface area contributed by atoms with Gasteiger partial charge in [0.2, 0.25) is 0 Å². The van der Waals surface area contributed by atoms with Gasteiger partial charge in [-0.25, -0.2) is 9.55 Å². The number of anilines is 1. The standard InChI is InChI=1S/C29H39N5/c1-5-8-13-25-32-26-27(33(25)19-22-16-14-21(18-30)15-17-22)23-11-9-10-12-24(23)34(28(26)31)20-29(4,6-2)7-3/h9-12,14-17,31H,5-8,13,18-20,30H2,1-4H3/p+1. The predicted octanol–water partition coefficient (Wildman–Crippen LogP) is 5.74. The third kappa shape index (κ3) is 4.54. The topological polar surface area (TPSA) is 73.7 Å². The van der Waals surface area contributed by atoms with E-state index in [1.807, 2.05) is 0 Å². The molecule has 0 saturated carbocycles. The highest BCUT2D eigenvalue weighted by Crippen LogP contribution is 2.32. The maximum Gasteiger partial charge on any atom is 0.301 e. The summed E-state index contributed by atoms with van der Waals surface area (Å²) in [7, 11) is 0. The normalized spacial score (nSPS) is 12.1. The van der Waals surface area contributed by atoms with Gasteiger partial charge in [0.25, 0.3) is 0 Å². The number of hydrogen-bond donors (Lipinski definition) is 2. The smallest absolute Gasteiger partial charge is 0.301 e. The number of nitrogens with zero attached hydrogens (tertiary/aromatic N) is 3. The second-order valence-electron chi connectivity index (χ2n) is 9.94. The van der Waals surface area contributed by atoms with Gasteiger partial charge in [-0.2, -0.15) is 0 Å². The zero-order chi connectivity index (χ0) is 24.3. The molecule has 0 spiro atoms. The van der Waals surface area contributed by atoms with Crippen LogP contribution in [0.1, 0.15) is 70.3 Å². The lowest BCUT2D eigenvalue weighted by molar-refractivity contribution is -0.670. The Hall–Kier alpha value is -2.92. The van der Waals surface area contributed by atoms with E-state index < -0.39 is 0 Å². The van der Waals surface area contributed by atoms with Crippen LogP contribution < -0.4 is 16.0 Å². The number of nitrogen functional groups attached to an aromatic ring is 1. The molecule has 4 rings (SSSR count). The summed E-state index contributed by atoms with van der Waals surface area (Å²) in [5, 5.41) is 1.22. The number of aromatic nitrogens is 3. The van der Waals surface area contributed by atoms with Crippen LogP contribution in [0.2, 0.25) is 0 Å². The number of rotatable bonds is 10. The number of benzene rings is 2. The van der Waals surface area contributed by atoms with E-state index in [0.29, 0.717) is 6.54 Å². The van der Waals surface area contributed by atoms with Gasteiger partial charge in [-0.05, 0) is 42.5 Å². The molecule has 0 aliphatic heterocycles. The molecule has 0 bridgehead atoms. The van der Waals surface area contributed by atoms with E-state index in [1.165, 1.54) is 16.5 Å². The lowest BCUT2D eigenvalue weighted by atomic mass is 9.84. The third-order valence-corrected chi connectivity index (χ3v) is 7.63. The number of aryl methyl sites for hydroxylation is 1. The van der Waals surface area contributed by atoms with Crippen molar-refractivity contribution in [1.82, 2.24) is 9.55 Å². The fraction of sp³-hybridized carbons (Fsp3) is 0.448. The Morgan fingerprint density at radius 2 is 1.65 bits per heavy atom. The van der Waals surface area contributed by atoms with Crippen molar-refractivity contribution >= 4 is 27.8 Å². The van der Waals surface area contributed by atoms with Gasteiger partial charge in [-0.1, -0.05) is 70.5 Å². The first-order chi connectivity index (χ1) is 16.4. The number of hydrogen-bond acceptors (Lipinski definition) is 3. The lowest BCUT2D eigenvalue weighted by Gasteiger charge is -2.26. The number of unbranched alkanes of at least 4 members (excludes halogenated alkanes) is 1. The van der Waals surface area contributed by atoms with E-state index in [4.69, 9.17) is 16.5 Å². The first kappa shape index (κ1) is 24.2. The minimum absolute atomic E-state index is 0.188. The van der Waals surface area contributed by atoms with Crippen molar-refractivity contribution in [2.45, 2.75) is 79.4 Å². The first-order valence-electron chi connectivity index (χ1n) is 12.8. The van der Waals surface area contributed by atoms with Gasteiger partial charge in [-0.3, -0.25) is 5.73 Å². The fourth-order valence-corrected chi connectivity index (χ4v) is 4.80. The molecule has 5 nitrogen and oxygen atoms in total. The summed E-state index contributed by atoms with van der Waals surface area (Å²) in [5.74, 6) is 1.89. The molecule has 34 heavy (non-hydrogen) atoms. The molecule has 2 heterocycles. The molecule has 4 aromatic rings. The van der Waals surface area contributed by atoms with Crippen LogP contribution in [-0.2, 0) is 26.1 Å². The summed E-state index contributed by atoms with van der Waals surface area (Å²) >= 11 is 0. The zero-order valence-corrected chi connectivity index (χ0v) is 21.3. The largest absolute Gasteiger partial charge is 0.326 e. The Morgan fingerprint density at radius 1 is 0.971 bits per heavy atom. The lowest BCUT2D eigenvalue weighted by Crippen LogP contribution is -2.45. The Balaban J connectivity index is 1.95. The zero-order valence-electron chi connectivity index (χ0n) is 21.3. The highest BCUT2D eigenvalue weighted by atomic mass is 15.1. The van der Waals surface area contributed by atoms with Gasteiger partial charge in [-0.15, -0.1) is 0 Å². The Kier molecular flexibility index (Phi) is 7.22. The minimum Gasteiger partial charge on any atom is -0.326 e. The van der Waals surface area contributed by atoms with Gasteiger partial charge in [0.1, 0.15) is 11.3 Å². The average Bonchev–Trinajstić information content (AvgIpc) is 3.23. The molecule has 0 aliphatic carbocycles. The van der Waals surface area contributed by atoms with Crippen LogP contribution in [0.15, 0.2) is 48.5 Å². The van der Waals surface area contributed by atoms with Crippen molar-refractivity contribution in [2.75, 3.05) is 5.73 Å². The van der Waals surface area contributed by atoms with Gasteiger partial charge in [0.15, 0.2) is 5.52 Å². The van der Waals surface area contributed by atoms with Gasteiger partial charge in [0.05, 0.1) is 12.1 Å². The molecule has 2 aromatic carbocycles. The Bertz CT molecular complexity index is 1270. The van der Waals surface area contributed by atoms with E-state index in [9.17, 15) is 0 Å². The number of imidazole rings is 1. The molecular formula is C29H40N5+. The van der Waals surface area contributed by atoms with E-state index in [0.717, 1.165) is 73.4 Å². The van der Waals surface area contributed by atoms with Crippen molar-refractivity contribution in [1.29, 1.82) is 0 Å². The summed E-state index contributed by atoms with van der Waals surface area (Å²) in [4.78, 5) is 5.17. The van der Waals surface area contributed by atoms with Crippen molar-refractivity contribution < 1.29 is 4.57 Å². The maximum atomic E-state index is 6.92. The fourth-order valence-electron chi connectivity index (χ4n) is 4.80. The second kappa shape index (κ2) is 10.1. The predicted molar refractivity (Wildman–Crippen MR) is 143 cm³/mol. The van der Waals surface area contributed by atoms with Crippen LogP contribution in [0, 0.1) is 5.41 Å². The molecule has 2 aromatic heterocycles. The molecular weight excluding hydrogens is 418 g/mol. The molecule has 4 N–H and O–H groups in total. The summed E-state index contributed by atoms with van der Waals surface area (Å²) in [6.07, 6.45) is 5.41. The van der Waals surface area contributed by atoms with Crippen LogP contribution in [0.5, 0.6) is 0 Å². The van der Waals surface area contributed by atoms with Crippen molar-refractivity contribution in [3.8, 4) is 0 Å².